The number of hydrogen-bond donors (Lipinski definition) is 2. The second-order valence-electron chi connectivity index (χ2n) is 5.42. The Morgan fingerprint density at radius 2 is 2.00 bits per heavy atom. The smallest absolute Gasteiger partial charge is 0.275 e. The Hall–Kier alpha value is -2.71. The van der Waals surface area contributed by atoms with Gasteiger partial charge in [-0.1, -0.05) is 6.07 Å². The monoisotopic (exact) mass is 401 g/mol. The van der Waals surface area contributed by atoms with E-state index in [4.69, 9.17) is 9.47 Å². The molecule has 3 rings (SSSR count). The first-order valence-corrected chi connectivity index (χ1v) is 10.1. The number of thiazole rings is 1. The first kappa shape index (κ1) is 19.1. The SMILES string of the molecule is COc1ccc(Nc2nc(C(=O)Nc3cccc(SC)c3)cs2)c(OC)c1. The molecule has 1 amide bonds. The van der Waals surface area contributed by atoms with Crippen LogP contribution in [0.25, 0.3) is 0 Å². The molecule has 2 aromatic carbocycles. The Morgan fingerprint density at radius 3 is 2.74 bits per heavy atom. The number of amides is 1. The van der Waals surface area contributed by atoms with Gasteiger partial charge in [-0.2, -0.15) is 0 Å². The zero-order valence-corrected chi connectivity index (χ0v) is 16.7. The lowest BCUT2D eigenvalue weighted by Crippen LogP contribution is -2.12. The number of rotatable bonds is 7. The van der Waals surface area contributed by atoms with E-state index in [1.165, 1.54) is 11.3 Å². The van der Waals surface area contributed by atoms with Crippen LogP contribution in [0.5, 0.6) is 11.5 Å². The van der Waals surface area contributed by atoms with Gasteiger partial charge in [-0.05, 0) is 36.6 Å². The lowest BCUT2D eigenvalue weighted by Gasteiger charge is -2.10. The fourth-order valence-corrected chi connectivity index (χ4v) is 3.51. The third kappa shape index (κ3) is 4.72. The van der Waals surface area contributed by atoms with Crippen LogP contribution in [0.15, 0.2) is 52.7 Å². The van der Waals surface area contributed by atoms with E-state index in [-0.39, 0.29) is 5.91 Å². The number of methoxy groups -OCH3 is 2. The summed E-state index contributed by atoms with van der Waals surface area (Å²) in [7, 11) is 3.19. The third-order valence-corrected chi connectivity index (χ3v) is 5.20. The highest BCUT2D eigenvalue weighted by molar-refractivity contribution is 7.98. The Morgan fingerprint density at radius 1 is 1.15 bits per heavy atom. The fourth-order valence-electron chi connectivity index (χ4n) is 2.35. The molecule has 140 valence electrons. The highest BCUT2D eigenvalue weighted by Gasteiger charge is 2.13. The maximum absolute atomic E-state index is 12.4. The zero-order valence-electron chi connectivity index (χ0n) is 15.1. The number of carbonyl (C=O) groups excluding carboxylic acids is 1. The summed E-state index contributed by atoms with van der Waals surface area (Å²) in [5.41, 5.74) is 1.84. The van der Waals surface area contributed by atoms with Crippen molar-refractivity contribution in [3.8, 4) is 11.5 Å². The van der Waals surface area contributed by atoms with Crippen LogP contribution >= 0.6 is 23.1 Å². The Balaban J connectivity index is 1.72. The average Bonchev–Trinajstić information content (AvgIpc) is 3.17. The molecule has 0 atom stereocenters. The summed E-state index contributed by atoms with van der Waals surface area (Å²) in [6.45, 7) is 0. The highest BCUT2D eigenvalue weighted by atomic mass is 32.2. The molecule has 2 N–H and O–H groups in total. The molecule has 1 heterocycles. The van der Waals surface area contributed by atoms with Crippen molar-refractivity contribution in [1.29, 1.82) is 0 Å². The summed E-state index contributed by atoms with van der Waals surface area (Å²) in [5, 5.41) is 8.36. The molecule has 0 fully saturated rings. The average molecular weight is 402 g/mol. The molecule has 0 saturated heterocycles. The topological polar surface area (TPSA) is 72.5 Å². The fraction of sp³-hybridized carbons (Fsp3) is 0.158. The van der Waals surface area contributed by atoms with Crippen molar-refractivity contribution in [1.82, 2.24) is 4.98 Å². The lowest BCUT2D eigenvalue weighted by molar-refractivity contribution is 0.102. The molecular formula is C19H19N3O3S2. The first-order chi connectivity index (χ1) is 13.1. The van der Waals surface area contributed by atoms with Crippen molar-refractivity contribution in [3.63, 3.8) is 0 Å². The molecule has 0 aliphatic carbocycles. The quantitative estimate of drug-likeness (QED) is 0.550. The second kappa shape index (κ2) is 8.79. The highest BCUT2D eigenvalue weighted by Crippen LogP contribution is 2.32. The van der Waals surface area contributed by atoms with Gasteiger partial charge < -0.3 is 20.1 Å². The van der Waals surface area contributed by atoms with Crippen molar-refractivity contribution in [3.05, 3.63) is 53.5 Å². The van der Waals surface area contributed by atoms with Crippen LogP contribution in [0.3, 0.4) is 0 Å². The molecule has 1 aromatic heterocycles. The van der Waals surface area contributed by atoms with Crippen molar-refractivity contribution in [2.45, 2.75) is 4.90 Å². The predicted molar refractivity (Wildman–Crippen MR) is 111 cm³/mol. The second-order valence-corrected chi connectivity index (χ2v) is 7.15. The molecule has 0 aliphatic heterocycles. The van der Waals surface area contributed by atoms with Crippen LogP contribution in [0.4, 0.5) is 16.5 Å². The van der Waals surface area contributed by atoms with Crippen molar-refractivity contribution < 1.29 is 14.3 Å². The van der Waals surface area contributed by atoms with Gasteiger partial charge in [0.2, 0.25) is 0 Å². The van der Waals surface area contributed by atoms with Gasteiger partial charge in [-0.15, -0.1) is 23.1 Å². The number of anilines is 3. The molecular weight excluding hydrogens is 382 g/mol. The third-order valence-electron chi connectivity index (χ3n) is 3.71. The summed E-state index contributed by atoms with van der Waals surface area (Å²) in [6.07, 6.45) is 1.99. The number of thioether (sulfide) groups is 1. The molecule has 0 saturated carbocycles. The number of benzene rings is 2. The molecule has 0 spiro atoms. The number of ether oxygens (including phenoxy) is 2. The van der Waals surface area contributed by atoms with Crippen molar-refractivity contribution >= 4 is 45.5 Å². The number of carbonyl (C=O) groups is 1. The van der Waals surface area contributed by atoms with Crippen LogP contribution in [-0.4, -0.2) is 31.4 Å². The molecule has 0 bridgehead atoms. The van der Waals surface area contributed by atoms with Gasteiger partial charge in [0.05, 0.1) is 19.9 Å². The van der Waals surface area contributed by atoms with Crippen molar-refractivity contribution in [2.75, 3.05) is 31.1 Å². The largest absolute Gasteiger partial charge is 0.497 e. The number of nitrogens with zero attached hydrogens (tertiary/aromatic N) is 1. The Bertz CT molecular complexity index is 943. The summed E-state index contributed by atoms with van der Waals surface area (Å²) < 4.78 is 10.6. The predicted octanol–water partition coefficient (Wildman–Crippen LogP) is 4.88. The van der Waals surface area contributed by atoms with Gasteiger partial charge >= 0.3 is 0 Å². The molecule has 0 unspecified atom stereocenters. The van der Waals surface area contributed by atoms with Gasteiger partial charge in [-0.25, -0.2) is 4.98 Å². The van der Waals surface area contributed by atoms with E-state index in [0.717, 1.165) is 16.3 Å². The molecule has 0 aliphatic rings. The maximum atomic E-state index is 12.4. The Kier molecular flexibility index (Phi) is 6.20. The van der Waals surface area contributed by atoms with Crippen LogP contribution in [0.1, 0.15) is 10.5 Å². The minimum absolute atomic E-state index is 0.251. The number of nitrogens with one attached hydrogen (secondary N) is 2. The van der Waals surface area contributed by atoms with E-state index in [1.807, 2.05) is 42.7 Å². The van der Waals surface area contributed by atoms with E-state index in [9.17, 15) is 4.79 Å². The molecule has 6 nitrogen and oxygen atoms in total. The van der Waals surface area contributed by atoms with Crippen LogP contribution in [0, 0.1) is 0 Å². The molecule has 8 heteroatoms. The van der Waals surface area contributed by atoms with Gasteiger partial charge in [0, 0.05) is 22.0 Å². The van der Waals surface area contributed by atoms with Crippen LogP contribution in [0.2, 0.25) is 0 Å². The zero-order chi connectivity index (χ0) is 19.2. The summed E-state index contributed by atoms with van der Waals surface area (Å²) in [4.78, 5) is 17.9. The summed E-state index contributed by atoms with van der Waals surface area (Å²) in [5.74, 6) is 1.08. The van der Waals surface area contributed by atoms with Gasteiger partial charge in [0.15, 0.2) is 5.13 Å². The number of hydrogen-bond acceptors (Lipinski definition) is 7. The van der Waals surface area contributed by atoms with Gasteiger partial charge in [-0.3, -0.25) is 4.79 Å². The van der Waals surface area contributed by atoms with Gasteiger partial charge in [0.25, 0.3) is 5.91 Å². The van der Waals surface area contributed by atoms with Gasteiger partial charge in [0.1, 0.15) is 17.2 Å². The summed E-state index contributed by atoms with van der Waals surface area (Å²) >= 11 is 2.97. The first-order valence-electron chi connectivity index (χ1n) is 8.03. The number of aromatic nitrogens is 1. The maximum Gasteiger partial charge on any atom is 0.275 e. The van der Waals surface area contributed by atoms with E-state index >= 15 is 0 Å². The molecule has 0 radical (unpaired) electrons. The van der Waals surface area contributed by atoms with E-state index in [2.05, 4.69) is 15.6 Å². The minimum atomic E-state index is -0.251. The van der Waals surface area contributed by atoms with E-state index < -0.39 is 0 Å². The molecule has 27 heavy (non-hydrogen) atoms. The van der Waals surface area contributed by atoms with Crippen LogP contribution in [-0.2, 0) is 0 Å². The lowest BCUT2D eigenvalue weighted by atomic mass is 10.3. The van der Waals surface area contributed by atoms with E-state index in [0.29, 0.717) is 22.3 Å². The summed E-state index contributed by atoms with van der Waals surface area (Å²) in [6, 6.07) is 13.1. The standard InChI is InChI=1S/C19H19N3O3S2/c1-24-13-7-8-15(17(10-13)25-2)21-19-22-16(11-27-19)18(23)20-12-5-4-6-14(9-12)26-3/h4-11H,1-3H3,(H,20,23)(H,21,22). The van der Waals surface area contributed by atoms with E-state index in [1.54, 1.807) is 37.4 Å². The molecule has 3 aromatic rings. The van der Waals surface area contributed by atoms with Crippen LogP contribution < -0.4 is 20.1 Å². The normalized spacial score (nSPS) is 10.3. The Labute approximate surface area is 165 Å². The minimum Gasteiger partial charge on any atom is -0.497 e. The van der Waals surface area contributed by atoms with Crippen molar-refractivity contribution in [2.24, 2.45) is 0 Å².